The van der Waals surface area contributed by atoms with E-state index in [9.17, 15) is 4.79 Å². The lowest BCUT2D eigenvalue weighted by Gasteiger charge is -2.17. The number of halogens is 1. The number of hydrogen-bond donors (Lipinski definition) is 0. The van der Waals surface area contributed by atoms with Crippen molar-refractivity contribution >= 4 is 21.7 Å². The van der Waals surface area contributed by atoms with E-state index in [1.54, 1.807) is 14.0 Å². The van der Waals surface area contributed by atoms with Gasteiger partial charge in [-0.05, 0) is 32.2 Å². The van der Waals surface area contributed by atoms with Gasteiger partial charge in [-0.2, -0.15) is 0 Å². The predicted molar refractivity (Wildman–Crippen MR) is 67.7 cm³/mol. The van der Waals surface area contributed by atoms with Crippen LogP contribution in [0.4, 0.5) is 0 Å². The lowest BCUT2D eigenvalue weighted by atomic mass is 10.2. The molecule has 16 heavy (non-hydrogen) atoms. The Morgan fingerprint density at radius 3 is 2.75 bits per heavy atom. The molecule has 4 heteroatoms. The zero-order chi connectivity index (χ0) is 12.1. The van der Waals surface area contributed by atoms with Crippen LogP contribution in [-0.4, -0.2) is 31.4 Å². The second-order valence-corrected chi connectivity index (χ2v) is 4.75. The summed E-state index contributed by atoms with van der Waals surface area (Å²) in [6.07, 6.45) is 0. The molecule has 1 aromatic rings. The van der Waals surface area contributed by atoms with Crippen LogP contribution in [0.1, 0.15) is 12.5 Å². The average Bonchev–Trinajstić information content (AvgIpc) is 2.16. The molecule has 88 valence electrons. The predicted octanol–water partition coefficient (Wildman–Crippen LogP) is 2.48. The molecule has 0 saturated heterocycles. The maximum Gasteiger partial charge on any atom is 0.143 e. The minimum Gasteiger partial charge on any atom is -0.496 e. The lowest BCUT2D eigenvalue weighted by molar-refractivity contribution is -0.117. The third-order valence-corrected chi connectivity index (χ3v) is 2.67. The van der Waals surface area contributed by atoms with Gasteiger partial charge in [-0.25, -0.2) is 0 Å². The van der Waals surface area contributed by atoms with Crippen molar-refractivity contribution in [2.24, 2.45) is 0 Å². The van der Waals surface area contributed by atoms with Crippen molar-refractivity contribution in [3.63, 3.8) is 0 Å². The highest BCUT2D eigenvalue weighted by Gasteiger charge is 2.08. The number of Topliss-reactive ketones (excluding diaryl/α,β-unsaturated/α-hetero) is 1. The first kappa shape index (κ1) is 13.2. The van der Waals surface area contributed by atoms with Crippen LogP contribution in [0.2, 0.25) is 0 Å². The molecule has 1 aromatic carbocycles. The number of likely N-dealkylation sites (N-methyl/N-ethyl adjacent to an activating group) is 1. The number of hydrogen-bond acceptors (Lipinski definition) is 3. The van der Waals surface area contributed by atoms with Gasteiger partial charge >= 0.3 is 0 Å². The molecule has 0 aliphatic carbocycles. The third kappa shape index (κ3) is 3.94. The van der Waals surface area contributed by atoms with Gasteiger partial charge < -0.3 is 4.74 Å². The molecule has 0 heterocycles. The van der Waals surface area contributed by atoms with E-state index in [1.165, 1.54) is 0 Å². The van der Waals surface area contributed by atoms with E-state index in [1.807, 2.05) is 30.1 Å². The largest absolute Gasteiger partial charge is 0.496 e. The SMILES string of the molecule is COc1ccc(Br)cc1CN(C)CC(C)=O. The summed E-state index contributed by atoms with van der Waals surface area (Å²) in [5.74, 6) is 1.01. The standard InChI is InChI=1S/C12H16BrNO2/c1-9(15)7-14(2)8-10-6-11(13)4-5-12(10)16-3/h4-6H,7-8H2,1-3H3. The first-order chi connectivity index (χ1) is 7.52. The zero-order valence-corrected chi connectivity index (χ0v) is 11.4. The van der Waals surface area contributed by atoms with Crippen LogP contribution in [-0.2, 0) is 11.3 Å². The van der Waals surface area contributed by atoms with Gasteiger partial charge in [0.1, 0.15) is 11.5 Å². The average molecular weight is 286 g/mol. The van der Waals surface area contributed by atoms with Crippen molar-refractivity contribution in [1.82, 2.24) is 4.90 Å². The Kier molecular flexibility index (Phi) is 4.96. The van der Waals surface area contributed by atoms with E-state index in [4.69, 9.17) is 4.74 Å². The quantitative estimate of drug-likeness (QED) is 0.833. The fraction of sp³-hybridized carbons (Fsp3) is 0.417. The second-order valence-electron chi connectivity index (χ2n) is 3.83. The summed E-state index contributed by atoms with van der Waals surface area (Å²) in [6.45, 7) is 2.74. The van der Waals surface area contributed by atoms with Gasteiger partial charge in [0.05, 0.1) is 13.7 Å². The molecule has 0 N–H and O–H groups in total. The first-order valence-electron chi connectivity index (χ1n) is 5.03. The van der Waals surface area contributed by atoms with E-state index in [0.717, 1.165) is 15.8 Å². The monoisotopic (exact) mass is 285 g/mol. The highest BCUT2D eigenvalue weighted by Crippen LogP contribution is 2.23. The Labute approximate surface area is 105 Å². The molecule has 0 bridgehead atoms. The molecule has 0 aliphatic heterocycles. The number of ether oxygens (including phenoxy) is 1. The van der Waals surface area contributed by atoms with Crippen LogP contribution in [0.25, 0.3) is 0 Å². The Morgan fingerprint density at radius 2 is 2.19 bits per heavy atom. The third-order valence-electron chi connectivity index (χ3n) is 2.18. The highest BCUT2D eigenvalue weighted by atomic mass is 79.9. The molecular weight excluding hydrogens is 270 g/mol. The van der Waals surface area contributed by atoms with E-state index in [0.29, 0.717) is 13.1 Å². The van der Waals surface area contributed by atoms with Crippen LogP contribution < -0.4 is 4.74 Å². The number of ketones is 1. The molecule has 0 radical (unpaired) electrons. The van der Waals surface area contributed by atoms with Crippen LogP contribution >= 0.6 is 15.9 Å². The van der Waals surface area contributed by atoms with Gasteiger partial charge in [0.2, 0.25) is 0 Å². The topological polar surface area (TPSA) is 29.5 Å². The molecule has 0 aliphatic rings. The van der Waals surface area contributed by atoms with Gasteiger partial charge in [-0.15, -0.1) is 0 Å². The molecule has 0 fully saturated rings. The fourth-order valence-electron chi connectivity index (χ4n) is 1.60. The van der Waals surface area contributed by atoms with Crippen LogP contribution in [0.5, 0.6) is 5.75 Å². The Balaban J connectivity index is 2.78. The number of rotatable bonds is 5. The zero-order valence-electron chi connectivity index (χ0n) is 9.79. The summed E-state index contributed by atoms with van der Waals surface area (Å²) in [7, 11) is 3.57. The molecule has 0 spiro atoms. The number of carbonyl (C=O) groups is 1. The number of nitrogens with zero attached hydrogens (tertiary/aromatic N) is 1. The molecule has 0 unspecified atom stereocenters. The molecule has 0 aromatic heterocycles. The first-order valence-corrected chi connectivity index (χ1v) is 5.82. The summed E-state index contributed by atoms with van der Waals surface area (Å²) in [4.78, 5) is 12.9. The van der Waals surface area contributed by atoms with E-state index in [2.05, 4.69) is 15.9 Å². The van der Waals surface area contributed by atoms with Crippen molar-refractivity contribution < 1.29 is 9.53 Å². The van der Waals surface area contributed by atoms with Gasteiger partial charge in [-0.3, -0.25) is 9.69 Å². The lowest BCUT2D eigenvalue weighted by Crippen LogP contribution is -2.24. The van der Waals surface area contributed by atoms with E-state index < -0.39 is 0 Å². The van der Waals surface area contributed by atoms with Crippen molar-refractivity contribution in [2.45, 2.75) is 13.5 Å². The fourth-order valence-corrected chi connectivity index (χ4v) is 2.01. The van der Waals surface area contributed by atoms with Crippen LogP contribution in [0.3, 0.4) is 0 Å². The maximum atomic E-state index is 11.0. The summed E-state index contributed by atoms with van der Waals surface area (Å²) in [6, 6.07) is 5.86. The minimum absolute atomic E-state index is 0.163. The molecule has 0 atom stereocenters. The molecule has 0 amide bonds. The molecular formula is C12H16BrNO2. The summed E-state index contributed by atoms with van der Waals surface area (Å²) >= 11 is 3.43. The molecule has 1 rings (SSSR count). The normalized spacial score (nSPS) is 10.6. The molecule has 3 nitrogen and oxygen atoms in total. The van der Waals surface area contributed by atoms with Crippen molar-refractivity contribution in [3.8, 4) is 5.75 Å². The van der Waals surface area contributed by atoms with Gasteiger partial charge in [-0.1, -0.05) is 15.9 Å². The van der Waals surface area contributed by atoms with Crippen molar-refractivity contribution in [3.05, 3.63) is 28.2 Å². The second kappa shape index (κ2) is 6.01. The smallest absolute Gasteiger partial charge is 0.143 e. The minimum atomic E-state index is 0.163. The Hall–Kier alpha value is -0.870. The van der Waals surface area contributed by atoms with Crippen LogP contribution in [0.15, 0.2) is 22.7 Å². The Bertz CT molecular complexity index is 379. The van der Waals surface area contributed by atoms with Gasteiger partial charge in [0.25, 0.3) is 0 Å². The van der Waals surface area contributed by atoms with Crippen LogP contribution in [0, 0.1) is 0 Å². The van der Waals surface area contributed by atoms with Gasteiger partial charge in [0, 0.05) is 16.6 Å². The van der Waals surface area contributed by atoms with E-state index >= 15 is 0 Å². The summed E-state index contributed by atoms with van der Waals surface area (Å²) < 4.78 is 6.29. The Morgan fingerprint density at radius 1 is 1.50 bits per heavy atom. The van der Waals surface area contributed by atoms with Crippen molar-refractivity contribution in [1.29, 1.82) is 0 Å². The van der Waals surface area contributed by atoms with E-state index in [-0.39, 0.29) is 5.78 Å². The highest BCUT2D eigenvalue weighted by molar-refractivity contribution is 9.10. The summed E-state index contributed by atoms with van der Waals surface area (Å²) in [5, 5.41) is 0. The summed E-state index contributed by atoms with van der Waals surface area (Å²) in [5.41, 5.74) is 1.07. The maximum absolute atomic E-state index is 11.0. The molecule has 0 saturated carbocycles. The van der Waals surface area contributed by atoms with Crippen molar-refractivity contribution in [2.75, 3.05) is 20.7 Å². The number of methoxy groups -OCH3 is 1. The number of carbonyl (C=O) groups excluding carboxylic acids is 1. The number of benzene rings is 1. The van der Waals surface area contributed by atoms with Gasteiger partial charge in [0.15, 0.2) is 0 Å².